The van der Waals surface area contributed by atoms with Crippen molar-refractivity contribution in [3.8, 4) is 5.75 Å². The van der Waals surface area contributed by atoms with Crippen LogP contribution in [0.1, 0.15) is 13.8 Å². The van der Waals surface area contributed by atoms with Crippen molar-refractivity contribution in [2.75, 3.05) is 26.3 Å². The summed E-state index contributed by atoms with van der Waals surface area (Å²) in [4.78, 5) is 0.296. The van der Waals surface area contributed by atoms with Crippen LogP contribution in [0.4, 0.5) is 0 Å². The molecule has 1 aromatic rings. The molecule has 0 aliphatic carbocycles. The van der Waals surface area contributed by atoms with Gasteiger partial charge in [0.05, 0.1) is 24.2 Å². The monoisotopic (exact) mass is 285 g/mol. The second-order valence-corrected chi connectivity index (χ2v) is 6.39. The van der Waals surface area contributed by atoms with Gasteiger partial charge in [-0.3, -0.25) is 0 Å². The first-order chi connectivity index (χ1) is 9.04. The quantitative estimate of drug-likeness (QED) is 0.841. The largest absolute Gasteiger partial charge is 0.494 e. The molecule has 19 heavy (non-hydrogen) atoms. The second-order valence-electron chi connectivity index (χ2n) is 4.45. The van der Waals surface area contributed by atoms with Gasteiger partial charge in [0.2, 0.25) is 10.0 Å². The molecule has 0 N–H and O–H groups in total. The van der Waals surface area contributed by atoms with E-state index in [1.807, 2.05) is 13.8 Å². The fourth-order valence-corrected chi connectivity index (χ4v) is 3.53. The van der Waals surface area contributed by atoms with Crippen molar-refractivity contribution >= 4 is 10.0 Å². The lowest BCUT2D eigenvalue weighted by Gasteiger charge is -2.30. The molecule has 1 aliphatic heterocycles. The van der Waals surface area contributed by atoms with E-state index in [1.165, 1.54) is 4.31 Å². The zero-order valence-corrected chi connectivity index (χ0v) is 12.0. The third kappa shape index (κ3) is 3.26. The molecule has 2 rings (SSSR count). The second kappa shape index (κ2) is 5.90. The van der Waals surface area contributed by atoms with Crippen molar-refractivity contribution in [2.24, 2.45) is 0 Å². The lowest BCUT2D eigenvalue weighted by atomic mass is 10.3. The number of nitrogens with zero attached hydrogens (tertiary/aromatic N) is 1. The molecule has 1 aliphatic rings. The van der Waals surface area contributed by atoms with Crippen molar-refractivity contribution in [3.05, 3.63) is 24.3 Å². The summed E-state index contributed by atoms with van der Waals surface area (Å²) < 4.78 is 37.0. The molecule has 0 amide bonds. The van der Waals surface area contributed by atoms with Gasteiger partial charge in [-0.05, 0) is 38.1 Å². The van der Waals surface area contributed by atoms with Gasteiger partial charge in [0.15, 0.2) is 0 Å². The Labute approximate surface area is 114 Å². The fraction of sp³-hybridized carbons (Fsp3) is 0.538. The smallest absolute Gasteiger partial charge is 0.243 e. The number of hydrogen-bond acceptors (Lipinski definition) is 4. The van der Waals surface area contributed by atoms with Crippen molar-refractivity contribution in [3.63, 3.8) is 0 Å². The maximum atomic E-state index is 12.4. The normalized spacial score (nSPS) is 21.3. The van der Waals surface area contributed by atoms with Crippen LogP contribution in [-0.4, -0.2) is 45.1 Å². The minimum Gasteiger partial charge on any atom is -0.494 e. The van der Waals surface area contributed by atoms with Gasteiger partial charge in [-0.15, -0.1) is 0 Å². The first-order valence-electron chi connectivity index (χ1n) is 6.38. The van der Waals surface area contributed by atoms with Crippen LogP contribution in [-0.2, 0) is 14.8 Å². The molecule has 106 valence electrons. The number of sulfonamides is 1. The Bertz CT molecular complexity index is 512. The van der Waals surface area contributed by atoms with Crippen molar-refractivity contribution < 1.29 is 17.9 Å². The average Bonchev–Trinajstić information content (AvgIpc) is 2.40. The molecule has 5 nitrogen and oxygen atoms in total. The molecule has 0 spiro atoms. The fourth-order valence-electron chi connectivity index (χ4n) is 2.03. The van der Waals surface area contributed by atoms with Crippen LogP contribution < -0.4 is 4.74 Å². The van der Waals surface area contributed by atoms with Gasteiger partial charge in [0, 0.05) is 13.1 Å². The van der Waals surface area contributed by atoms with Gasteiger partial charge >= 0.3 is 0 Å². The molecule has 1 aromatic carbocycles. The number of ether oxygens (including phenoxy) is 2. The van der Waals surface area contributed by atoms with E-state index in [4.69, 9.17) is 9.47 Å². The number of hydrogen-bond donors (Lipinski definition) is 0. The molecule has 1 fully saturated rings. The van der Waals surface area contributed by atoms with Gasteiger partial charge in [0.25, 0.3) is 0 Å². The molecule has 1 unspecified atom stereocenters. The van der Waals surface area contributed by atoms with Gasteiger partial charge in [0.1, 0.15) is 5.75 Å². The zero-order chi connectivity index (χ0) is 13.9. The van der Waals surface area contributed by atoms with Gasteiger partial charge in [-0.1, -0.05) is 0 Å². The Kier molecular flexibility index (Phi) is 4.44. The van der Waals surface area contributed by atoms with Crippen LogP contribution in [0.3, 0.4) is 0 Å². The van der Waals surface area contributed by atoms with Crippen molar-refractivity contribution in [2.45, 2.75) is 24.8 Å². The SMILES string of the molecule is CCOc1ccc(S(=O)(=O)N2CCOC(C)C2)cc1. The first-order valence-corrected chi connectivity index (χ1v) is 7.82. The predicted molar refractivity (Wildman–Crippen MR) is 71.8 cm³/mol. The number of rotatable bonds is 4. The molecule has 1 atom stereocenters. The van der Waals surface area contributed by atoms with E-state index < -0.39 is 10.0 Å². The van der Waals surface area contributed by atoms with E-state index in [2.05, 4.69) is 0 Å². The van der Waals surface area contributed by atoms with Crippen LogP contribution in [0.5, 0.6) is 5.75 Å². The maximum absolute atomic E-state index is 12.4. The third-order valence-corrected chi connectivity index (χ3v) is 4.86. The Morgan fingerprint density at radius 2 is 2.05 bits per heavy atom. The summed E-state index contributed by atoms with van der Waals surface area (Å²) in [7, 11) is -3.43. The van der Waals surface area contributed by atoms with Crippen molar-refractivity contribution in [1.29, 1.82) is 0 Å². The Morgan fingerprint density at radius 1 is 1.37 bits per heavy atom. The highest BCUT2D eigenvalue weighted by Crippen LogP contribution is 2.21. The molecule has 1 saturated heterocycles. The van der Waals surface area contributed by atoms with Gasteiger partial charge < -0.3 is 9.47 Å². The van der Waals surface area contributed by atoms with E-state index in [1.54, 1.807) is 24.3 Å². The van der Waals surface area contributed by atoms with Crippen LogP contribution in [0.2, 0.25) is 0 Å². The summed E-state index contributed by atoms with van der Waals surface area (Å²) in [5.41, 5.74) is 0. The topological polar surface area (TPSA) is 55.8 Å². The molecule has 0 bridgehead atoms. The Hall–Kier alpha value is -1.11. The van der Waals surface area contributed by atoms with Crippen LogP contribution >= 0.6 is 0 Å². The molecule has 0 saturated carbocycles. The van der Waals surface area contributed by atoms with Gasteiger partial charge in [-0.25, -0.2) is 8.42 Å². The minimum absolute atomic E-state index is 0.0637. The van der Waals surface area contributed by atoms with E-state index in [0.29, 0.717) is 36.9 Å². The maximum Gasteiger partial charge on any atom is 0.243 e. The minimum atomic E-state index is -3.43. The van der Waals surface area contributed by atoms with Crippen LogP contribution in [0.25, 0.3) is 0 Å². The molecule has 0 radical (unpaired) electrons. The lowest BCUT2D eigenvalue weighted by Crippen LogP contribution is -2.44. The molecular weight excluding hydrogens is 266 g/mol. The number of morpholine rings is 1. The van der Waals surface area contributed by atoms with E-state index in [-0.39, 0.29) is 6.10 Å². The zero-order valence-electron chi connectivity index (χ0n) is 11.2. The third-order valence-electron chi connectivity index (χ3n) is 2.98. The average molecular weight is 285 g/mol. The lowest BCUT2D eigenvalue weighted by molar-refractivity contribution is 0.0102. The summed E-state index contributed by atoms with van der Waals surface area (Å²) in [5, 5.41) is 0. The first kappa shape index (κ1) is 14.3. The predicted octanol–water partition coefficient (Wildman–Crippen LogP) is 1.49. The van der Waals surface area contributed by atoms with E-state index >= 15 is 0 Å². The highest BCUT2D eigenvalue weighted by atomic mass is 32.2. The van der Waals surface area contributed by atoms with E-state index in [0.717, 1.165) is 0 Å². The van der Waals surface area contributed by atoms with Crippen molar-refractivity contribution in [1.82, 2.24) is 4.31 Å². The standard InChI is InChI=1S/C13H19NO4S/c1-3-17-12-4-6-13(7-5-12)19(15,16)14-8-9-18-11(2)10-14/h4-7,11H,3,8-10H2,1-2H3. The highest BCUT2D eigenvalue weighted by Gasteiger charge is 2.28. The Balaban J connectivity index is 2.18. The summed E-state index contributed by atoms with van der Waals surface area (Å²) in [6, 6.07) is 6.53. The van der Waals surface area contributed by atoms with Gasteiger partial charge in [-0.2, -0.15) is 4.31 Å². The highest BCUT2D eigenvalue weighted by molar-refractivity contribution is 7.89. The summed E-state index contributed by atoms with van der Waals surface area (Å²) in [5.74, 6) is 0.678. The summed E-state index contributed by atoms with van der Waals surface area (Å²) >= 11 is 0. The molecule has 1 heterocycles. The Morgan fingerprint density at radius 3 is 2.63 bits per heavy atom. The molecular formula is C13H19NO4S. The molecule has 0 aromatic heterocycles. The molecule has 6 heteroatoms. The summed E-state index contributed by atoms with van der Waals surface area (Å²) in [6.07, 6.45) is -0.0637. The summed E-state index contributed by atoms with van der Waals surface area (Å²) in [6.45, 7) is 5.57. The van der Waals surface area contributed by atoms with Crippen LogP contribution in [0, 0.1) is 0 Å². The van der Waals surface area contributed by atoms with Crippen LogP contribution in [0.15, 0.2) is 29.2 Å². The number of benzene rings is 1. The van der Waals surface area contributed by atoms with E-state index in [9.17, 15) is 8.42 Å².